The lowest BCUT2D eigenvalue weighted by Crippen LogP contribution is -2.37. The van der Waals surface area contributed by atoms with Crippen LogP contribution in [0.25, 0.3) is 0 Å². The lowest BCUT2D eigenvalue weighted by atomic mass is 9.68. The van der Waals surface area contributed by atoms with Crippen molar-refractivity contribution >= 4 is 5.91 Å². The Morgan fingerprint density at radius 2 is 2.06 bits per heavy atom. The molecule has 6 heteroatoms. The van der Waals surface area contributed by atoms with Crippen LogP contribution in [0.3, 0.4) is 0 Å². The highest BCUT2D eigenvalue weighted by atomic mass is 16.1. The van der Waals surface area contributed by atoms with Crippen molar-refractivity contribution in [3.8, 4) is 0 Å². The molecule has 6 nitrogen and oxygen atoms in total. The van der Waals surface area contributed by atoms with Crippen LogP contribution in [0.5, 0.6) is 0 Å². The molecule has 1 aromatic heterocycles. The lowest BCUT2D eigenvalue weighted by Gasteiger charge is -2.38. The Morgan fingerprint density at radius 1 is 1.28 bits per heavy atom. The van der Waals surface area contributed by atoms with Gasteiger partial charge in [-0.1, -0.05) is 24.5 Å². The Morgan fingerprint density at radius 3 is 2.72 bits per heavy atom. The van der Waals surface area contributed by atoms with E-state index >= 15 is 0 Å². The molecule has 18 heavy (non-hydrogen) atoms. The van der Waals surface area contributed by atoms with Crippen molar-refractivity contribution < 1.29 is 4.79 Å². The van der Waals surface area contributed by atoms with Gasteiger partial charge in [-0.2, -0.15) is 5.21 Å². The highest BCUT2D eigenvalue weighted by Gasteiger charge is 2.34. The number of fused-ring (bicyclic) bond motifs is 2. The van der Waals surface area contributed by atoms with Crippen LogP contribution in [0.1, 0.15) is 44.3 Å². The maximum Gasteiger partial charge on any atom is 0.223 e. The van der Waals surface area contributed by atoms with Crippen LogP contribution < -0.4 is 5.32 Å². The molecule has 2 N–H and O–H groups in total. The van der Waals surface area contributed by atoms with Gasteiger partial charge in [0.1, 0.15) is 0 Å². The number of hydrogen-bond donors (Lipinski definition) is 2. The fourth-order valence-electron chi connectivity index (χ4n) is 3.51. The molecular formula is C12H19N5O. The SMILES string of the molecule is O=C(NCc1nn[nH]n1)C1C[C@H]2CCC[C@@H](C1)C2. The topological polar surface area (TPSA) is 83.6 Å². The minimum atomic E-state index is 0.163. The van der Waals surface area contributed by atoms with E-state index in [4.69, 9.17) is 0 Å². The molecule has 2 bridgehead atoms. The quantitative estimate of drug-likeness (QED) is 0.838. The van der Waals surface area contributed by atoms with E-state index in [1.807, 2.05) is 0 Å². The molecule has 1 aromatic rings. The van der Waals surface area contributed by atoms with Gasteiger partial charge in [-0.25, -0.2) is 0 Å². The fourth-order valence-corrected chi connectivity index (χ4v) is 3.51. The van der Waals surface area contributed by atoms with E-state index in [0.717, 1.165) is 24.7 Å². The van der Waals surface area contributed by atoms with Gasteiger partial charge >= 0.3 is 0 Å². The number of nitrogens with one attached hydrogen (secondary N) is 2. The van der Waals surface area contributed by atoms with Crippen LogP contribution in [0, 0.1) is 17.8 Å². The van der Waals surface area contributed by atoms with Gasteiger partial charge in [0.25, 0.3) is 0 Å². The van der Waals surface area contributed by atoms with Crippen LogP contribution in [-0.4, -0.2) is 26.5 Å². The summed E-state index contributed by atoms with van der Waals surface area (Å²) in [5, 5.41) is 16.4. The van der Waals surface area contributed by atoms with Crippen LogP contribution >= 0.6 is 0 Å². The van der Waals surface area contributed by atoms with Gasteiger partial charge in [0.2, 0.25) is 5.91 Å². The van der Waals surface area contributed by atoms with E-state index in [1.165, 1.54) is 25.7 Å². The average molecular weight is 249 g/mol. The van der Waals surface area contributed by atoms with Crippen molar-refractivity contribution in [2.75, 3.05) is 0 Å². The average Bonchev–Trinajstić information content (AvgIpc) is 2.88. The smallest absolute Gasteiger partial charge is 0.223 e. The molecule has 0 spiro atoms. The van der Waals surface area contributed by atoms with Crippen molar-refractivity contribution in [2.24, 2.45) is 17.8 Å². The third kappa shape index (κ3) is 2.52. The molecule has 0 radical (unpaired) electrons. The summed E-state index contributed by atoms with van der Waals surface area (Å²) in [7, 11) is 0. The standard InChI is InChI=1S/C12H19N5O/c18-12(13-7-11-14-16-17-15-11)10-5-8-2-1-3-9(4-8)6-10/h8-10H,1-7H2,(H,13,18)(H,14,15,16,17)/t8-,9+,10?. The summed E-state index contributed by atoms with van der Waals surface area (Å²) >= 11 is 0. The van der Waals surface area contributed by atoms with Gasteiger partial charge < -0.3 is 5.32 Å². The van der Waals surface area contributed by atoms with Gasteiger partial charge in [0.05, 0.1) is 6.54 Å². The molecule has 0 aromatic carbocycles. The predicted molar refractivity (Wildman–Crippen MR) is 64.2 cm³/mol. The zero-order chi connectivity index (χ0) is 12.4. The molecule has 2 aliphatic carbocycles. The van der Waals surface area contributed by atoms with E-state index in [-0.39, 0.29) is 11.8 Å². The van der Waals surface area contributed by atoms with Gasteiger partial charge in [-0.3, -0.25) is 4.79 Å². The summed E-state index contributed by atoms with van der Waals surface area (Å²) in [6.07, 6.45) is 7.44. The number of aromatic nitrogens is 4. The van der Waals surface area contributed by atoms with Crippen LogP contribution in [-0.2, 0) is 11.3 Å². The number of tetrazole rings is 1. The highest BCUT2D eigenvalue weighted by molar-refractivity contribution is 5.78. The number of hydrogen-bond acceptors (Lipinski definition) is 4. The maximum absolute atomic E-state index is 12.1. The second-order valence-corrected chi connectivity index (χ2v) is 5.61. The van der Waals surface area contributed by atoms with Gasteiger partial charge in [-0.05, 0) is 31.1 Å². The molecule has 3 atom stereocenters. The molecular weight excluding hydrogens is 230 g/mol. The summed E-state index contributed by atoms with van der Waals surface area (Å²) in [6, 6.07) is 0. The monoisotopic (exact) mass is 249 g/mol. The van der Waals surface area contributed by atoms with Crippen LogP contribution in [0.4, 0.5) is 0 Å². The Labute approximate surface area is 106 Å². The Kier molecular flexibility index (Phi) is 3.25. The Hall–Kier alpha value is -1.46. The number of H-pyrrole nitrogens is 1. The van der Waals surface area contributed by atoms with Crippen molar-refractivity contribution in [1.29, 1.82) is 0 Å². The minimum absolute atomic E-state index is 0.163. The van der Waals surface area contributed by atoms with E-state index in [9.17, 15) is 4.79 Å². The maximum atomic E-state index is 12.1. The van der Waals surface area contributed by atoms with Crippen molar-refractivity contribution in [1.82, 2.24) is 25.9 Å². The number of amides is 1. The van der Waals surface area contributed by atoms with Gasteiger partial charge in [0, 0.05) is 5.92 Å². The first kappa shape index (κ1) is 11.6. The number of carbonyl (C=O) groups excluding carboxylic acids is 1. The minimum Gasteiger partial charge on any atom is -0.348 e. The summed E-state index contributed by atoms with van der Waals surface area (Å²) in [5.41, 5.74) is 0. The number of nitrogens with zero attached hydrogens (tertiary/aromatic N) is 3. The lowest BCUT2D eigenvalue weighted by molar-refractivity contribution is -0.127. The third-order valence-corrected chi connectivity index (χ3v) is 4.31. The molecule has 0 saturated heterocycles. The first-order valence-electron chi connectivity index (χ1n) is 6.81. The second kappa shape index (κ2) is 5.04. The molecule has 2 aliphatic rings. The summed E-state index contributed by atoms with van der Waals surface area (Å²) in [5.74, 6) is 2.45. The first-order valence-corrected chi connectivity index (χ1v) is 6.81. The van der Waals surface area contributed by atoms with Gasteiger partial charge in [0.15, 0.2) is 5.82 Å². The van der Waals surface area contributed by atoms with E-state index in [2.05, 4.69) is 25.9 Å². The van der Waals surface area contributed by atoms with E-state index in [1.54, 1.807) is 0 Å². The third-order valence-electron chi connectivity index (χ3n) is 4.31. The number of rotatable bonds is 3. The molecule has 98 valence electrons. The van der Waals surface area contributed by atoms with Crippen molar-refractivity contribution in [2.45, 2.75) is 45.1 Å². The van der Waals surface area contributed by atoms with Gasteiger partial charge in [-0.15, -0.1) is 10.2 Å². The molecule has 1 amide bonds. The largest absolute Gasteiger partial charge is 0.348 e. The molecule has 1 unspecified atom stereocenters. The van der Waals surface area contributed by atoms with Crippen molar-refractivity contribution in [3.05, 3.63) is 5.82 Å². The zero-order valence-corrected chi connectivity index (χ0v) is 10.4. The molecule has 1 heterocycles. The normalized spacial score (nSPS) is 31.0. The van der Waals surface area contributed by atoms with Crippen LogP contribution in [0.2, 0.25) is 0 Å². The zero-order valence-electron chi connectivity index (χ0n) is 10.4. The molecule has 3 rings (SSSR count). The van der Waals surface area contributed by atoms with E-state index < -0.39 is 0 Å². The summed E-state index contributed by atoms with van der Waals surface area (Å²) in [4.78, 5) is 12.1. The Balaban J connectivity index is 1.53. The molecule has 2 fully saturated rings. The predicted octanol–water partition coefficient (Wildman–Crippen LogP) is 1.03. The summed E-state index contributed by atoms with van der Waals surface area (Å²) < 4.78 is 0. The molecule has 0 aliphatic heterocycles. The number of aromatic amines is 1. The second-order valence-electron chi connectivity index (χ2n) is 5.61. The highest BCUT2D eigenvalue weighted by Crippen LogP contribution is 2.42. The fraction of sp³-hybridized carbons (Fsp3) is 0.833. The summed E-state index contributed by atoms with van der Waals surface area (Å²) in [6.45, 7) is 0.376. The molecule has 2 saturated carbocycles. The van der Waals surface area contributed by atoms with Crippen molar-refractivity contribution in [3.63, 3.8) is 0 Å². The first-order chi connectivity index (χ1) is 8.81. The number of carbonyl (C=O) groups is 1. The van der Waals surface area contributed by atoms with E-state index in [0.29, 0.717) is 12.4 Å². The Bertz CT molecular complexity index is 393. The van der Waals surface area contributed by atoms with Crippen LogP contribution in [0.15, 0.2) is 0 Å².